The van der Waals surface area contributed by atoms with Gasteiger partial charge in [-0.05, 0) is 42.5 Å². The number of methoxy groups -OCH3 is 1. The van der Waals surface area contributed by atoms with E-state index in [-0.39, 0.29) is 11.0 Å². The molecule has 0 radical (unpaired) electrons. The van der Waals surface area contributed by atoms with Gasteiger partial charge in [-0.3, -0.25) is 10.1 Å². The summed E-state index contributed by atoms with van der Waals surface area (Å²) in [6.07, 6.45) is 0. The molecule has 0 aromatic heterocycles. The van der Waals surface area contributed by atoms with Crippen LogP contribution in [-0.2, 0) is 4.74 Å². The molecule has 0 aliphatic rings. The molecule has 0 saturated heterocycles. The second kappa shape index (κ2) is 9.37. The van der Waals surface area contributed by atoms with Gasteiger partial charge in [0.15, 0.2) is 5.11 Å². The number of thiocarbonyl (C=S) groups is 1. The van der Waals surface area contributed by atoms with E-state index in [0.717, 1.165) is 0 Å². The second-order valence-corrected chi connectivity index (χ2v) is 5.35. The Balaban J connectivity index is 2.01. The van der Waals surface area contributed by atoms with E-state index in [1.54, 1.807) is 55.6 Å². The van der Waals surface area contributed by atoms with Gasteiger partial charge in [0.05, 0.1) is 23.8 Å². The summed E-state index contributed by atoms with van der Waals surface area (Å²) in [4.78, 5) is 12.4. The molecular weight excluding hydrogens is 338 g/mol. The highest BCUT2D eigenvalue weighted by Gasteiger charge is 2.13. The van der Waals surface area contributed by atoms with Gasteiger partial charge in [0.25, 0.3) is 5.91 Å². The van der Waals surface area contributed by atoms with Crippen molar-refractivity contribution in [2.24, 2.45) is 0 Å². The summed E-state index contributed by atoms with van der Waals surface area (Å²) >= 11 is 5.15. The average molecular weight is 355 g/mol. The number of hydrogen-bond acceptors (Lipinski definition) is 5. The predicted octanol–water partition coefficient (Wildman–Crippen LogP) is 2.71. The lowest BCUT2D eigenvalue weighted by atomic mass is 10.2. The minimum absolute atomic E-state index is 0.131. The van der Waals surface area contributed by atoms with Crippen LogP contribution >= 0.6 is 12.2 Å². The minimum Gasteiger partial charge on any atom is -0.490 e. The first-order valence-electron chi connectivity index (χ1n) is 7.47. The lowest BCUT2D eigenvalue weighted by Gasteiger charge is -2.13. The number of para-hydroxylation sites is 1. The molecule has 0 heterocycles. The van der Waals surface area contributed by atoms with Crippen molar-refractivity contribution in [3.8, 4) is 11.8 Å². The van der Waals surface area contributed by atoms with Crippen molar-refractivity contribution < 1.29 is 14.3 Å². The zero-order valence-electron chi connectivity index (χ0n) is 13.6. The Hall–Kier alpha value is -2.95. The molecule has 0 aliphatic carbocycles. The molecule has 7 heteroatoms. The Morgan fingerprint density at radius 1 is 1.20 bits per heavy atom. The molecule has 2 N–H and O–H groups in total. The molecular formula is C18H17N3O3S. The molecule has 0 bridgehead atoms. The first-order chi connectivity index (χ1) is 12.1. The van der Waals surface area contributed by atoms with Gasteiger partial charge in [0, 0.05) is 12.8 Å². The molecule has 0 saturated carbocycles. The van der Waals surface area contributed by atoms with Crippen LogP contribution in [0.25, 0.3) is 0 Å². The summed E-state index contributed by atoms with van der Waals surface area (Å²) in [7, 11) is 1.58. The van der Waals surface area contributed by atoms with Crippen molar-refractivity contribution >= 4 is 28.9 Å². The first-order valence-corrected chi connectivity index (χ1v) is 7.88. The van der Waals surface area contributed by atoms with Gasteiger partial charge in [-0.1, -0.05) is 18.2 Å². The summed E-state index contributed by atoms with van der Waals surface area (Å²) in [5.41, 5.74) is 1.48. The molecule has 128 valence electrons. The van der Waals surface area contributed by atoms with Crippen LogP contribution in [0.5, 0.6) is 5.75 Å². The SMILES string of the molecule is COCCOc1ccccc1C(=O)NC(=S)Nc1cccc(C#N)c1. The van der Waals surface area contributed by atoms with E-state index < -0.39 is 0 Å². The van der Waals surface area contributed by atoms with Crippen molar-refractivity contribution in [3.63, 3.8) is 0 Å². The van der Waals surface area contributed by atoms with E-state index >= 15 is 0 Å². The van der Waals surface area contributed by atoms with Gasteiger partial charge in [-0.2, -0.15) is 5.26 Å². The first kappa shape index (κ1) is 18.4. The van der Waals surface area contributed by atoms with Crippen LogP contribution in [0.2, 0.25) is 0 Å². The van der Waals surface area contributed by atoms with Crippen LogP contribution in [0.15, 0.2) is 48.5 Å². The van der Waals surface area contributed by atoms with Gasteiger partial charge < -0.3 is 14.8 Å². The number of anilines is 1. The number of nitrogens with zero attached hydrogens (tertiary/aromatic N) is 1. The van der Waals surface area contributed by atoms with Crippen molar-refractivity contribution in [2.75, 3.05) is 25.6 Å². The lowest BCUT2D eigenvalue weighted by Crippen LogP contribution is -2.34. The molecule has 0 spiro atoms. The summed E-state index contributed by atoms with van der Waals surface area (Å²) in [5, 5.41) is 14.5. The third-order valence-corrected chi connectivity index (χ3v) is 3.36. The predicted molar refractivity (Wildman–Crippen MR) is 98.7 cm³/mol. The Morgan fingerprint density at radius 2 is 2.00 bits per heavy atom. The van der Waals surface area contributed by atoms with Crippen LogP contribution < -0.4 is 15.4 Å². The quantitative estimate of drug-likeness (QED) is 0.612. The smallest absolute Gasteiger partial charge is 0.261 e. The highest BCUT2D eigenvalue weighted by molar-refractivity contribution is 7.80. The van der Waals surface area contributed by atoms with E-state index in [2.05, 4.69) is 10.6 Å². The highest BCUT2D eigenvalue weighted by atomic mass is 32.1. The fourth-order valence-electron chi connectivity index (χ4n) is 2.01. The third-order valence-electron chi connectivity index (χ3n) is 3.15. The van der Waals surface area contributed by atoms with Gasteiger partial charge in [-0.25, -0.2) is 0 Å². The largest absolute Gasteiger partial charge is 0.490 e. The number of nitriles is 1. The number of ether oxygens (including phenoxy) is 2. The van der Waals surface area contributed by atoms with E-state index in [4.69, 9.17) is 27.0 Å². The number of carbonyl (C=O) groups excluding carboxylic acids is 1. The van der Waals surface area contributed by atoms with Crippen LogP contribution in [0.1, 0.15) is 15.9 Å². The summed E-state index contributed by atoms with van der Waals surface area (Å²) < 4.78 is 10.5. The molecule has 0 fully saturated rings. The topological polar surface area (TPSA) is 83.4 Å². The monoisotopic (exact) mass is 355 g/mol. The van der Waals surface area contributed by atoms with Gasteiger partial charge in [-0.15, -0.1) is 0 Å². The van der Waals surface area contributed by atoms with Crippen molar-refractivity contribution in [1.82, 2.24) is 5.32 Å². The molecule has 6 nitrogen and oxygen atoms in total. The van der Waals surface area contributed by atoms with Crippen LogP contribution in [0.3, 0.4) is 0 Å². The Bertz CT molecular complexity index is 802. The Labute approximate surface area is 151 Å². The zero-order chi connectivity index (χ0) is 18.1. The lowest BCUT2D eigenvalue weighted by molar-refractivity contribution is 0.0970. The number of amides is 1. The maximum Gasteiger partial charge on any atom is 0.261 e. The van der Waals surface area contributed by atoms with Crippen LogP contribution in [-0.4, -0.2) is 31.3 Å². The summed E-state index contributed by atoms with van der Waals surface area (Å²) in [5.74, 6) is 0.0632. The molecule has 1 amide bonds. The maximum atomic E-state index is 12.4. The van der Waals surface area contributed by atoms with Crippen molar-refractivity contribution in [2.45, 2.75) is 0 Å². The Kier molecular flexibility index (Phi) is 6.89. The maximum absolute atomic E-state index is 12.4. The third kappa shape index (κ3) is 5.57. The molecule has 0 aliphatic heterocycles. The van der Waals surface area contributed by atoms with Gasteiger partial charge in [0.1, 0.15) is 12.4 Å². The van der Waals surface area contributed by atoms with E-state index in [9.17, 15) is 4.79 Å². The van der Waals surface area contributed by atoms with Crippen molar-refractivity contribution in [3.05, 3.63) is 59.7 Å². The van der Waals surface area contributed by atoms with E-state index in [1.165, 1.54) is 0 Å². The summed E-state index contributed by atoms with van der Waals surface area (Å²) in [6, 6.07) is 15.7. The molecule has 25 heavy (non-hydrogen) atoms. The molecule has 0 unspecified atom stereocenters. The Morgan fingerprint density at radius 3 is 2.76 bits per heavy atom. The number of nitrogens with one attached hydrogen (secondary N) is 2. The molecule has 0 atom stereocenters. The fourth-order valence-corrected chi connectivity index (χ4v) is 2.22. The van der Waals surface area contributed by atoms with Crippen LogP contribution in [0.4, 0.5) is 5.69 Å². The van der Waals surface area contributed by atoms with Gasteiger partial charge in [0.2, 0.25) is 0 Å². The molecule has 2 rings (SSSR count). The molecule has 2 aromatic rings. The van der Waals surface area contributed by atoms with Gasteiger partial charge >= 0.3 is 0 Å². The number of rotatable bonds is 6. The number of carbonyl (C=O) groups is 1. The van der Waals surface area contributed by atoms with E-state index in [1.807, 2.05) is 6.07 Å². The van der Waals surface area contributed by atoms with Crippen molar-refractivity contribution in [1.29, 1.82) is 5.26 Å². The second-order valence-electron chi connectivity index (χ2n) is 4.94. The number of hydrogen-bond donors (Lipinski definition) is 2. The average Bonchev–Trinajstić information content (AvgIpc) is 2.62. The normalized spacial score (nSPS) is 9.76. The van der Waals surface area contributed by atoms with E-state index in [0.29, 0.717) is 35.8 Å². The standard InChI is InChI=1S/C18H17N3O3S/c1-23-9-10-24-16-8-3-2-7-15(16)17(22)21-18(25)20-14-6-4-5-13(11-14)12-19/h2-8,11H,9-10H2,1H3,(H2,20,21,22,25). The molecule has 2 aromatic carbocycles. The fraction of sp³-hybridized carbons (Fsp3) is 0.167. The summed E-state index contributed by atoms with van der Waals surface area (Å²) in [6.45, 7) is 0.760. The van der Waals surface area contributed by atoms with Crippen LogP contribution in [0, 0.1) is 11.3 Å². The number of benzene rings is 2. The highest BCUT2D eigenvalue weighted by Crippen LogP contribution is 2.18. The minimum atomic E-state index is -0.387. The zero-order valence-corrected chi connectivity index (χ0v) is 14.4.